The Morgan fingerprint density at radius 3 is 1.88 bits per heavy atom. The zero-order valence-corrected chi connectivity index (χ0v) is 30.5. The minimum atomic E-state index is -1.67. The van der Waals surface area contributed by atoms with Gasteiger partial charge >= 0.3 is 17.9 Å². The maximum absolute atomic E-state index is 14.5. The molecule has 266 valence electrons. The first kappa shape index (κ1) is 40.4. The molecular weight excluding hydrogens is 615 g/mol. The van der Waals surface area contributed by atoms with Crippen molar-refractivity contribution in [2.24, 2.45) is 5.41 Å². The number of hydrogen-bond donors (Lipinski definition) is 1. The molecule has 4 atom stereocenters. The van der Waals surface area contributed by atoms with Gasteiger partial charge < -0.3 is 24.4 Å². The summed E-state index contributed by atoms with van der Waals surface area (Å²) in [6.07, 6.45) is -2.52. The Morgan fingerprint density at radius 1 is 0.792 bits per heavy atom. The van der Waals surface area contributed by atoms with Crippen LogP contribution in [0.5, 0.6) is 0 Å². The van der Waals surface area contributed by atoms with Gasteiger partial charge in [-0.05, 0) is 61.8 Å². The number of carbonyl (C=O) groups excluding carboxylic acids is 4. The number of halogens is 1. The van der Waals surface area contributed by atoms with Crippen molar-refractivity contribution in [3.63, 3.8) is 0 Å². The summed E-state index contributed by atoms with van der Waals surface area (Å²) >= 11 is 0. The standard InChI is InChI=1S/C38H55FN2O7/c1-25(33(43)46-24-27-15-13-12-14-16-27)47-35(45)30(23-36(2,3)4)41(11)32(42)31(48-34(44)29(40-10)22-38(8,9)39)21-26-17-19-28(20-18-26)37(5,6)7/h12-20,25,29-31,40H,21-24H2,1-11H3/t25-,29+,30+,31-/m1/s1. The molecule has 0 radical (unpaired) electrons. The third-order valence-corrected chi connectivity index (χ3v) is 7.84. The van der Waals surface area contributed by atoms with E-state index in [0.717, 1.165) is 16.7 Å². The number of hydrogen-bond acceptors (Lipinski definition) is 8. The van der Waals surface area contributed by atoms with Crippen molar-refractivity contribution >= 4 is 23.8 Å². The molecule has 0 spiro atoms. The van der Waals surface area contributed by atoms with E-state index in [1.807, 2.05) is 75.4 Å². The molecule has 0 aliphatic rings. The molecule has 0 aromatic heterocycles. The molecular formula is C38H55FN2O7. The fourth-order valence-corrected chi connectivity index (χ4v) is 5.03. The zero-order valence-electron chi connectivity index (χ0n) is 30.5. The third kappa shape index (κ3) is 13.4. The van der Waals surface area contributed by atoms with Crippen molar-refractivity contribution in [2.45, 2.75) is 124 Å². The van der Waals surface area contributed by atoms with Gasteiger partial charge in [0.05, 0.1) is 0 Å². The summed E-state index contributed by atoms with van der Waals surface area (Å²) in [5.41, 5.74) is 0.405. The summed E-state index contributed by atoms with van der Waals surface area (Å²) in [6, 6.07) is 14.7. The van der Waals surface area contributed by atoms with Crippen molar-refractivity contribution < 1.29 is 37.8 Å². The Morgan fingerprint density at radius 2 is 1.38 bits per heavy atom. The molecule has 0 saturated heterocycles. The lowest BCUT2D eigenvalue weighted by Crippen LogP contribution is -2.52. The smallest absolute Gasteiger partial charge is 0.347 e. The van der Waals surface area contributed by atoms with Gasteiger partial charge in [-0.2, -0.15) is 0 Å². The van der Waals surface area contributed by atoms with Gasteiger partial charge in [-0.25, -0.2) is 14.0 Å². The minimum Gasteiger partial charge on any atom is -0.458 e. The van der Waals surface area contributed by atoms with Crippen molar-refractivity contribution in [1.29, 1.82) is 0 Å². The number of nitrogens with zero attached hydrogens (tertiary/aromatic N) is 1. The number of amides is 1. The van der Waals surface area contributed by atoms with Crippen LogP contribution in [0.4, 0.5) is 4.39 Å². The Hall–Kier alpha value is -3.79. The number of alkyl halides is 1. The lowest BCUT2D eigenvalue weighted by atomic mass is 9.86. The Kier molecular flexibility index (Phi) is 14.3. The molecule has 9 nitrogen and oxygen atoms in total. The first-order valence-corrected chi connectivity index (χ1v) is 16.4. The van der Waals surface area contributed by atoms with Crippen LogP contribution >= 0.6 is 0 Å². The summed E-state index contributed by atoms with van der Waals surface area (Å²) < 4.78 is 31.2. The number of carbonyl (C=O) groups is 4. The zero-order chi connectivity index (χ0) is 36.4. The molecule has 10 heteroatoms. The van der Waals surface area contributed by atoms with Crippen molar-refractivity contribution in [3.05, 3.63) is 71.3 Å². The van der Waals surface area contributed by atoms with Crippen LogP contribution in [0.2, 0.25) is 0 Å². The predicted octanol–water partition coefficient (Wildman–Crippen LogP) is 6.10. The second-order valence-corrected chi connectivity index (χ2v) is 15.2. The summed E-state index contributed by atoms with van der Waals surface area (Å²) in [5, 5.41) is 2.79. The highest BCUT2D eigenvalue weighted by Crippen LogP contribution is 2.27. The largest absolute Gasteiger partial charge is 0.458 e. The summed E-state index contributed by atoms with van der Waals surface area (Å²) in [5.74, 6) is -2.94. The van der Waals surface area contributed by atoms with Crippen LogP contribution in [0, 0.1) is 5.41 Å². The number of likely N-dealkylation sites (N-methyl/N-ethyl adjacent to an activating group) is 2. The van der Waals surface area contributed by atoms with Crippen LogP contribution < -0.4 is 5.32 Å². The van der Waals surface area contributed by atoms with Crippen molar-refractivity contribution in [1.82, 2.24) is 10.2 Å². The van der Waals surface area contributed by atoms with Gasteiger partial charge in [0.2, 0.25) is 0 Å². The fraction of sp³-hybridized carbons (Fsp3) is 0.579. The Bertz CT molecular complexity index is 1360. The lowest BCUT2D eigenvalue weighted by Gasteiger charge is -2.34. The molecule has 0 saturated carbocycles. The van der Waals surface area contributed by atoms with Crippen LogP contribution in [0.25, 0.3) is 0 Å². The Balaban J connectivity index is 2.35. The molecule has 2 aromatic rings. The minimum absolute atomic E-state index is 0.0162. The van der Waals surface area contributed by atoms with E-state index in [9.17, 15) is 23.6 Å². The van der Waals surface area contributed by atoms with Gasteiger partial charge in [-0.1, -0.05) is 96.1 Å². The van der Waals surface area contributed by atoms with Gasteiger partial charge in [0, 0.05) is 19.9 Å². The maximum atomic E-state index is 14.5. The molecule has 2 aromatic carbocycles. The highest BCUT2D eigenvalue weighted by molar-refractivity contribution is 5.90. The number of ether oxygens (including phenoxy) is 3. The Labute approximate surface area is 285 Å². The van der Waals surface area contributed by atoms with E-state index in [1.165, 1.54) is 39.8 Å². The third-order valence-electron chi connectivity index (χ3n) is 7.84. The summed E-state index contributed by atoms with van der Waals surface area (Å²) in [7, 11) is 2.97. The molecule has 0 unspecified atom stereocenters. The molecule has 0 aliphatic carbocycles. The van der Waals surface area contributed by atoms with Crippen LogP contribution in [0.3, 0.4) is 0 Å². The van der Waals surface area contributed by atoms with E-state index in [2.05, 4.69) is 26.1 Å². The lowest BCUT2D eigenvalue weighted by molar-refractivity contribution is -0.174. The van der Waals surface area contributed by atoms with Gasteiger partial charge in [0.25, 0.3) is 5.91 Å². The first-order chi connectivity index (χ1) is 22.1. The molecule has 1 N–H and O–H groups in total. The SMILES string of the molecule is CN[C@@H](CC(C)(C)F)C(=O)O[C@H](Cc1ccc(C(C)(C)C)cc1)C(=O)N(C)[C@@H](CC(C)(C)C)C(=O)O[C@H](C)C(=O)OCc1ccccc1. The van der Waals surface area contributed by atoms with E-state index in [0.29, 0.717) is 0 Å². The van der Waals surface area contributed by atoms with E-state index < -0.39 is 59.2 Å². The normalized spacial score (nSPS) is 14.7. The van der Waals surface area contributed by atoms with Crippen LogP contribution in [-0.4, -0.2) is 72.8 Å². The van der Waals surface area contributed by atoms with E-state index in [4.69, 9.17) is 14.2 Å². The van der Waals surface area contributed by atoms with E-state index >= 15 is 0 Å². The molecule has 0 bridgehead atoms. The molecule has 48 heavy (non-hydrogen) atoms. The summed E-state index contributed by atoms with van der Waals surface area (Å²) in [6.45, 7) is 16.2. The monoisotopic (exact) mass is 670 g/mol. The second kappa shape index (κ2) is 17.0. The van der Waals surface area contributed by atoms with Gasteiger partial charge in [0.1, 0.15) is 24.4 Å². The predicted molar refractivity (Wildman–Crippen MR) is 184 cm³/mol. The summed E-state index contributed by atoms with van der Waals surface area (Å²) in [4.78, 5) is 55.0. The highest BCUT2D eigenvalue weighted by Gasteiger charge is 2.39. The molecule has 1 amide bonds. The van der Waals surface area contributed by atoms with Crippen molar-refractivity contribution in [3.8, 4) is 0 Å². The number of esters is 3. The van der Waals surface area contributed by atoms with Crippen LogP contribution in [0.1, 0.15) is 91.8 Å². The molecule has 2 rings (SSSR count). The molecule has 0 fully saturated rings. The first-order valence-electron chi connectivity index (χ1n) is 16.4. The van der Waals surface area contributed by atoms with Gasteiger partial charge in [0.15, 0.2) is 12.2 Å². The van der Waals surface area contributed by atoms with Crippen molar-refractivity contribution in [2.75, 3.05) is 14.1 Å². The molecule has 0 aliphatic heterocycles. The average molecular weight is 671 g/mol. The quantitative estimate of drug-likeness (QED) is 0.179. The second-order valence-electron chi connectivity index (χ2n) is 15.2. The number of rotatable bonds is 15. The van der Waals surface area contributed by atoms with E-state index in [-0.39, 0.29) is 31.3 Å². The van der Waals surface area contributed by atoms with E-state index in [1.54, 1.807) is 0 Å². The number of nitrogens with one attached hydrogen (secondary N) is 1. The maximum Gasteiger partial charge on any atom is 0.347 e. The topological polar surface area (TPSA) is 111 Å². The van der Waals surface area contributed by atoms with Gasteiger partial charge in [-0.3, -0.25) is 9.59 Å². The van der Waals surface area contributed by atoms with Gasteiger partial charge in [-0.15, -0.1) is 0 Å². The molecule has 0 heterocycles. The van der Waals surface area contributed by atoms with Crippen LogP contribution in [0.15, 0.2) is 54.6 Å². The number of benzene rings is 2. The van der Waals surface area contributed by atoms with Crippen LogP contribution in [-0.2, 0) is 51.8 Å². The average Bonchev–Trinajstić information content (AvgIpc) is 2.99. The highest BCUT2D eigenvalue weighted by atomic mass is 19.1. The fourth-order valence-electron chi connectivity index (χ4n) is 5.03.